The number of pyridine rings is 1. The van der Waals surface area contributed by atoms with E-state index in [1.807, 2.05) is 24.3 Å². The molecule has 0 amide bonds. The number of nitriles is 1. The number of para-hydroxylation sites is 3. The third kappa shape index (κ3) is 3.51. The van der Waals surface area contributed by atoms with Crippen molar-refractivity contribution in [3.05, 3.63) is 100 Å². The Bertz CT molecular complexity index is 1660. The molecule has 5 rings (SSSR count). The Balaban J connectivity index is 1.75. The van der Waals surface area contributed by atoms with E-state index in [1.54, 1.807) is 42.1 Å². The lowest BCUT2D eigenvalue weighted by Gasteiger charge is -2.11. The van der Waals surface area contributed by atoms with Crippen LogP contribution in [0, 0.1) is 17.1 Å². The fraction of sp³-hybridized carbons (Fsp3) is 0.0400. The van der Waals surface area contributed by atoms with Crippen molar-refractivity contribution in [1.29, 1.82) is 5.26 Å². The summed E-state index contributed by atoms with van der Waals surface area (Å²) in [7, 11) is 1.79. The van der Waals surface area contributed by atoms with Crippen LogP contribution in [0.1, 0.15) is 11.4 Å². The Kier molecular flexibility index (Phi) is 4.92. The van der Waals surface area contributed by atoms with E-state index in [1.165, 1.54) is 28.7 Å². The largest absolute Gasteiger partial charge is 0.435 e. The lowest BCUT2D eigenvalue weighted by molar-refractivity contribution is 0.426. The number of fused-ring (bicyclic) bond motifs is 2. The average molecular weight is 437 g/mol. The minimum absolute atomic E-state index is 0.00515. The molecule has 0 aliphatic heterocycles. The van der Waals surface area contributed by atoms with Gasteiger partial charge in [0.2, 0.25) is 5.88 Å². The van der Waals surface area contributed by atoms with Crippen LogP contribution in [0.5, 0.6) is 11.6 Å². The summed E-state index contributed by atoms with van der Waals surface area (Å²) in [4.78, 5) is 22.3. The second-order valence-corrected chi connectivity index (χ2v) is 7.25. The molecule has 2 aromatic carbocycles. The maximum absolute atomic E-state index is 14.3. The van der Waals surface area contributed by atoms with Gasteiger partial charge >= 0.3 is 0 Å². The number of halogens is 1. The van der Waals surface area contributed by atoms with Crippen LogP contribution < -0.4 is 10.3 Å². The fourth-order valence-corrected chi connectivity index (χ4v) is 3.59. The molecule has 0 saturated carbocycles. The summed E-state index contributed by atoms with van der Waals surface area (Å²) in [6.45, 7) is 0. The van der Waals surface area contributed by atoms with Gasteiger partial charge in [-0.25, -0.2) is 9.37 Å². The monoisotopic (exact) mass is 437 g/mol. The Hall–Kier alpha value is -4.77. The molecule has 160 valence electrons. The van der Waals surface area contributed by atoms with Gasteiger partial charge in [-0.15, -0.1) is 0 Å². The minimum Gasteiger partial charge on any atom is -0.435 e. The topological polar surface area (TPSA) is 85.2 Å². The van der Waals surface area contributed by atoms with Crippen molar-refractivity contribution in [1.82, 2.24) is 18.9 Å². The van der Waals surface area contributed by atoms with Crippen LogP contribution in [0.25, 0.3) is 28.3 Å². The summed E-state index contributed by atoms with van der Waals surface area (Å²) >= 11 is 0. The molecule has 0 unspecified atom stereocenters. The van der Waals surface area contributed by atoms with Crippen molar-refractivity contribution in [3.63, 3.8) is 0 Å². The highest BCUT2D eigenvalue weighted by Gasteiger charge is 2.18. The van der Waals surface area contributed by atoms with Crippen molar-refractivity contribution < 1.29 is 9.13 Å². The van der Waals surface area contributed by atoms with E-state index in [0.717, 1.165) is 5.52 Å². The molecule has 0 aliphatic carbocycles. The Morgan fingerprint density at radius 3 is 2.61 bits per heavy atom. The van der Waals surface area contributed by atoms with Gasteiger partial charge in [0, 0.05) is 13.2 Å². The van der Waals surface area contributed by atoms with E-state index in [0.29, 0.717) is 17.0 Å². The van der Waals surface area contributed by atoms with E-state index in [9.17, 15) is 14.4 Å². The summed E-state index contributed by atoms with van der Waals surface area (Å²) in [5, 5.41) is 9.92. The molecule has 0 radical (unpaired) electrons. The predicted octanol–water partition coefficient (Wildman–Crippen LogP) is 4.58. The molecule has 3 heterocycles. The maximum atomic E-state index is 14.3. The van der Waals surface area contributed by atoms with Crippen LogP contribution in [0.4, 0.5) is 4.39 Å². The van der Waals surface area contributed by atoms with Gasteiger partial charge in [-0.1, -0.05) is 30.3 Å². The Morgan fingerprint density at radius 2 is 1.82 bits per heavy atom. The molecule has 0 atom stereocenters. The first-order valence-electron chi connectivity index (χ1n) is 10.0. The quantitative estimate of drug-likeness (QED) is 0.384. The number of ether oxygens (including phenoxy) is 1. The average Bonchev–Trinajstić information content (AvgIpc) is 3.17. The van der Waals surface area contributed by atoms with E-state index >= 15 is 0 Å². The van der Waals surface area contributed by atoms with Gasteiger partial charge in [0.1, 0.15) is 17.3 Å². The zero-order valence-electron chi connectivity index (χ0n) is 17.4. The Labute approximate surface area is 187 Å². The maximum Gasteiger partial charge on any atom is 0.269 e. The van der Waals surface area contributed by atoms with E-state index in [-0.39, 0.29) is 22.8 Å². The van der Waals surface area contributed by atoms with Crippen LogP contribution in [-0.2, 0) is 7.05 Å². The molecule has 0 aliphatic rings. The summed E-state index contributed by atoms with van der Waals surface area (Å²) in [5.41, 5.74) is 1.57. The number of hydrogen-bond donors (Lipinski definition) is 0. The fourth-order valence-electron chi connectivity index (χ4n) is 3.59. The first-order valence-corrected chi connectivity index (χ1v) is 10.0. The normalized spacial score (nSPS) is 11.6. The molecule has 0 saturated heterocycles. The number of aromatic nitrogens is 4. The summed E-state index contributed by atoms with van der Waals surface area (Å²) in [6, 6.07) is 20.5. The molecule has 0 bridgehead atoms. The van der Waals surface area contributed by atoms with Gasteiger partial charge in [-0.2, -0.15) is 10.2 Å². The number of aryl methyl sites for hydroxylation is 1. The zero-order chi connectivity index (χ0) is 22.9. The van der Waals surface area contributed by atoms with E-state index < -0.39 is 11.4 Å². The van der Waals surface area contributed by atoms with Crippen molar-refractivity contribution in [2.24, 2.45) is 7.05 Å². The van der Waals surface area contributed by atoms with Crippen molar-refractivity contribution >= 4 is 28.3 Å². The highest BCUT2D eigenvalue weighted by atomic mass is 19.1. The molecule has 3 aromatic heterocycles. The molecule has 0 spiro atoms. The SMILES string of the molecule is Cn1c(C(C#N)=Cc2c(Oc3ccccc3F)nc3ccccn3c2=O)nc2ccccc21. The third-order valence-corrected chi connectivity index (χ3v) is 5.21. The third-order valence-electron chi connectivity index (χ3n) is 5.21. The molecule has 33 heavy (non-hydrogen) atoms. The number of hydrogen-bond acceptors (Lipinski definition) is 5. The standard InChI is InChI=1S/C25H16FN5O2/c1-30-20-10-4-3-9-19(20)28-23(30)16(15-27)14-17-24(33-21-11-5-2-8-18(21)26)29-22-12-6-7-13-31(22)25(17)32/h2-14H,1H3. The Morgan fingerprint density at radius 1 is 1.06 bits per heavy atom. The van der Waals surface area contributed by atoms with Crippen LogP contribution >= 0.6 is 0 Å². The molecule has 5 aromatic rings. The van der Waals surface area contributed by atoms with Gasteiger partial charge in [0.15, 0.2) is 17.4 Å². The summed E-state index contributed by atoms with van der Waals surface area (Å²) < 4.78 is 23.1. The first kappa shape index (κ1) is 20.2. The molecule has 8 heteroatoms. The first-order chi connectivity index (χ1) is 16.1. The highest BCUT2D eigenvalue weighted by molar-refractivity contribution is 5.91. The number of imidazole rings is 1. The van der Waals surface area contributed by atoms with Crippen LogP contribution in [0.3, 0.4) is 0 Å². The van der Waals surface area contributed by atoms with Crippen LogP contribution in [0.15, 0.2) is 77.7 Å². The summed E-state index contributed by atoms with van der Waals surface area (Å²) in [5.74, 6) is -0.408. The lowest BCUT2D eigenvalue weighted by atomic mass is 10.1. The second kappa shape index (κ2) is 8.05. The van der Waals surface area contributed by atoms with Crippen molar-refractivity contribution in [2.75, 3.05) is 0 Å². The number of allylic oxidation sites excluding steroid dienone is 1. The number of benzene rings is 2. The van der Waals surface area contributed by atoms with Crippen LogP contribution in [-0.4, -0.2) is 18.9 Å². The molecule has 0 fully saturated rings. The van der Waals surface area contributed by atoms with Crippen LogP contribution in [0.2, 0.25) is 0 Å². The number of nitrogens with zero attached hydrogens (tertiary/aromatic N) is 5. The van der Waals surface area contributed by atoms with Gasteiger partial charge in [-0.05, 0) is 42.5 Å². The van der Waals surface area contributed by atoms with Gasteiger partial charge in [0.25, 0.3) is 5.56 Å². The predicted molar refractivity (Wildman–Crippen MR) is 122 cm³/mol. The highest BCUT2D eigenvalue weighted by Crippen LogP contribution is 2.28. The molecular weight excluding hydrogens is 421 g/mol. The van der Waals surface area contributed by atoms with Gasteiger partial charge in [-0.3, -0.25) is 9.20 Å². The summed E-state index contributed by atoms with van der Waals surface area (Å²) in [6.07, 6.45) is 2.95. The van der Waals surface area contributed by atoms with Crippen molar-refractivity contribution in [3.8, 4) is 17.7 Å². The molecule has 7 nitrogen and oxygen atoms in total. The van der Waals surface area contributed by atoms with Gasteiger partial charge < -0.3 is 9.30 Å². The zero-order valence-corrected chi connectivity index (χ0v) is 17.4. The smallest absolute Gasteiger partial charge is 0.269 e. The lowest BCUT2D eigenvalue weighted by Crippen LogP contribution is -2.19. The van der Waals surface area contributed by atoms with E-state index in [2.05, 4.69) is 16.0 Å². The molecule has 0 N–H and O–H groups in total. The second-order valence-electron chi connectivity index (χ2n) is 7.25. The van der Waals surface area contributed by atoms with Crippen molar-refractivity contribution in [2.45, 2.75) is 0 Å². The molecular formula is C25H16FN5O2. The minimum atomic E-state index is -0.599. The van der Waals surface area contributed by atoms with Gasteiger partial charge in [0.05, 0.1) is 16.6 Å². The van der Waals surface area contributed by atoms with E-state index in [4.69, 9.17) is 4.74 Å². The number of rotatable bonds is 4.